The van der Waals surface area contributed by atoms with Crippen molar-refractivity contribution in [3.63, 3.8) is 0 Å². The molecule has 136 valence electrons. The molecule has 0 spiro atoms. The van der Waals surface area contributed by atoms with E-state index >= 15 is 0 Å². The molecule has 7 nitrogen and oxygen atoms in total. The van der Waals surface area contributed by atoms with Gasteiger partial charge in [0, 0.05) is 43.2 Å². The van der Waals surface area contributed by atoms with Crippen molar-refractivity contribution in [3.05, 3.63) is 57.7 Å². The number of nitrogens with zero attached hydrogens (tertiary/aromatic N) is 3. The van der Waals surface area contributed by atoms with Crippen LogP contribution < -0.4 is 10.9 Å². The van der Waals surface area contributed by atoms with Crippen LogP contribution in [-0.4, -0.2) is 39.6 Å². The normalized spacial score (nSPS) is 12.3. The van der Waals surface area contributed by atoms with Gasteiger partial charge in [0.05, 0.1) is 12.3 Å². The Morgan fingerprint density at radius 1 is 1.35 bits per heavy atom. The summed E-state index contributed by atoms with van der Waals surface area (Å²) < 4.78 is 8.03. The average Bonchev–Trinajstić information content (AvgIpc) is 3.03. The number of nitrogens with one attached hydrogen (secondary N) is 1. The molecule has 26 heavy (non-hydrogen) atoms. The lowest BCUT2D eigenvalue weighted by Crippen LogP contribution is -2.35. The third-order valence-corrected chi connectivity index (χ3v) is 4.36. The van der Waals surface area contributed by atoms with Crippen molar-refractivity contribution in [2.45, 2.75) is 13.0 Å². The Morgan fingerprint density at radius 3 is 2.77 bits per heavy atom. The summed E-state index contributed by atoms with van der Waals surface area (Å²) in [5.41, 5.74) is 1.38. The topological polar surface area (TPSA) is 77.6 Å². The number of ether oxygens (including phenoxy) is 1. The number of hydrogen-bond acceptors (Lipinski definition) is 4. The lowest BCUT2D eigenvalue weighted by Gasteiger charge is -2.10. The molecule has 0 radical (unpaired) electrons. The Balaban J connectivity index is 2.06. The first-order valence-electron chi connectivity index (χ1n) is 8.05. The highest BCUT2D eigenvalue weighted by atomic mass is 35.5. The van der Waals surface area contributed by atoms with Crippen molar-refractivity contribution in [1.29, 1.82) is 0 Å². The van der Waals surface area contributed by atoms with E-state index in [1.807, 2.05) is 25.1 Å². The maximum atomic E-state index is 12.7. The predicted molar refractivity (Wildman–Crippen MR) is 99.7 cm³/mol. The minimum absolute atomic E-state index is 0.168. The van der Waals surface area contributed by atoms with Gasteiger partial charge in [-0.25, -0.2) is 4.98 Å². The van der Waals surface area contributed by atoms with Crippen molar-refractivity contribution in [3.8, 4) is 11.3 Å². The Kier molecular flexibility index (Phi) is 5.11. The number of fused-ring (bicyclic) bond motifs is 1. The van der Waals surface area contributed by atoms with Crippen LogP contribution in [0.15, 0.2) is 41.5 Å². The molecule has 3 aromatic rings. The van der Waals surface area contributed by atoms with Crippen LogP contribution in [0.3, 0.4) is 0 Å². The largest absolute Gasteiger partial charge is 0.383 e. The van der Waals surface area contributed by atoms with Crippen molar-refractivity contribution in [1.82, 2.24) is 19.3 Å². The van der Waals surface area contributed by atoms with Gasteiger partial charge in [0.2, 0.25) is 5.65 Å². The highest BCUT2D eigenvalue weighted by Gasteiger charge is 2.17. The van der Waals surface area contributed by atoms with Crippen molar-refractivity contribution < 1.29 is 9.53 Å². The van der Waals surface area contributed by atoms with E-state index in [0.717, 1.165) is 5.56 Å². The summed E-state index contributed by atoms with van der Waals surface area (Å²) in [6.45, 7) is 2.21. The van der Waals surface area contributed by atoms with E-state index in [9.17, 15) is 9.59 Å². The summed E-state index contributed by atoms with van der Waals surface area (Å²) in [7, 11) is 3.21. The molecule has 0 saturated carbocycles. The van der Waals surface area contributed by atoms with Gasteiger partial charge in [-0.1, -0.05) is 29.8 Å². The highest BCUT2D eigenvalue weighted by Crippen LogP contribution is 2.26. The zero-order valence-electron chi connectivity index (χ0n) is 14.7. The van der Waals surface area contributed by atoms with Crippen LogP contribution in [0.1, 0.15) is 17.4 Å². The zero-order valence-corrected chi connectivity index (χ0v) is 15.4. The van der Waals surface area contributed by atoms with E-state index < -0.39 is 0 Å². The van der Waals surface area contributed by atoms with Crippen LogP contribution in [0.2, 0.25) is 5.02 Å². The number of amides is 1. The fourth-order valence-electron chi connectivity index (χ4n) is 2.75. The standard InChI is InChI=1S/C18H19ClN4O3/c1-11(10-26-3)20-17(24)14-8-23-9-15(12-6-4-5-7-13(12)19)22(2)18(25)16(23)21-14/h4-9,11H,10H2,1-3H3,(H,20,24)/t11-/m0/s1. The summed E-state index contributed by atoms with van der Waals surface area (Å²) >= 11 is 6.26. The minimum Gasteiger partial charge on any atom is -0.383 e. The molecule has 1 N–H and O–H groups in total. The van der Waals surface area contributed by atoms with Crippen LogP contribution in [0.25, 0.3) is 16.9 Å². The minimum atomic E-state index is -0.361. The molecule has 0 saturated heterocycles. The molecule has 1 atom stereocenters. The molecule has 0 aliphatic heterocycles. The third-order valence-electron chi connectivity index (χ3n) is 4.03. The number of halogens is 1. The van der Waals surface area contributed by atoms with Crippen LogP contribution in [0, 0.1) is 0 Å². The average molecular weight is 375 g/mol. The number of rotatable bonds is 5. The number of hydrogen-bond donors (Lipinski definition) is 1. The van der Waals surface area contributed by atoms with E-state index in [1.54, 1.807) is 30.8 Å². The summed E-state index contributed by atoms with van der Waals surface area (Å²) in [5.74, 6) is -0.361. The zero-order chi connectivity index (χ0) is 18.8. The second-order valence-electron chi connectivity index (χ2n) is 6.05. The number of carbonyl (C=O) groups is 1. The quantitative estimate of drug-likeness (QED) is 0.742. The third kappa shape index (κ3) is 3.36. The summed E-state index contributed by atoms with van der Waals surface area (Å²) in [5, 5.41) is 3.31. The number of imidazole rings is 1. The molecule has 1 amide bonds. The van der Waals surface area contributed by atoms with E-state index in [-0.39, 0.29) is 28.8 Å². The molecule has 2 heterocycles. The van der Waals surface area contributed by atoms with Gasteiger partial charge in [0.1, 0.15) is 5.69 Å². The maximum Gasteiger partial charge on any atom is 0.294 e. The van der Waals surface area contributed by atoms with Gasteiger partial charge in [0.15, 0.2) is 0 Å². The van der Waals surface area contributed by atoms with Crippen molar-refractivity contribution >= 4 is 23.2 Å². The smallest absolute Gasteiger partial charge is 0.294 e. The van der Waals surface area contributed by atoms with Gasteiger partial charge < -0.3 is 14.6 Å². The molecule has 0 aliphatic rings. The fraction of sp³-hybridized carbons (Fsp3) is 0.278. The number of carbonyl (C=O) groups excluding carboxylic acids is 1. The molecular formula is C18H19ClN4O3. The first-order valence-corrected chi connectivity index (χ1v) is 8.43. The summed E-state index contributed by atoms with van der Waals surface area (Å²) in [6, 6.07) is 7.09. The SMILES string of the molecule is COC[C@H](C)NC(=O)c1cn2cc(-c3ccccc3Cl)n(C)c(=O)c2n1. The lowest BCUT2D eigenvalue weighted by molar-refractivity contribution is 0.0901. The highest BCUT2D eigenvalue weighted by molar-refractivity contribution is 6.33. The number of methoxy groups -OCH3 is 1. The molecular weight excluding hydrogens is 356 g/mol. The summed E-state index contributed by atoms with van der Waals surface area (Å²) in [6.07, 6.45) is 3.27. The van der Waals surface area contributed by atoms with Crippen molar-refractivity contribution in [2.75, 3.05) is 13.7 Å². The molecule has 8 heteroatoms. The van der Waals surface area contributed by atoms with Gasteiger partial charge >= 0.3 is 0 Å². The molecule has 0 unspecified atom stereocenters. The van der Waals surface area contributed by atoms with Gasteiger partial charge in [0.25, 0.3) is 11.5 Å². The lowest BCUT2D eigenvalue weighted by atomic mass is 10.1. The molecule has 0 bridgehead atoms. The van der Waals surface area contributed by atoms with Crippen molar-refractivity contribution in [2.24, 2.45) is 7.05 Å². The maximum absolute atomic E-state index is 12.7. The van der Waals surface area contributed by atoms with Gasteiger partial charge in [-0.3, -0.25) is 14.0 Å². The van der Waals surface area contributed by atoms with Crippen LogP contribution in [0.4, 0.5) is 0 Å². The predicted octanol–water partition coefficient (Wildman–Crippen LogP) is 2.12. The molecule has 1 aromatic carbocycles. The Labute approximate surface area is 155 Å². The van der Waals surface area contributed by atoms with E-state index in [0.29, 0.717) is 17.3 Å². The second kappa shape index (κ2) is 7.31. The Hall–Kier alpha value is -2.64. The second-order valence-corrected chi connectivity index (χ2v) is 6.45. The summed E-state index contributed by atoms with van der Waals surface area (Å²) in [4.78, 5) is 29.2. The van der Waals surface area contributed by atoms with E-state index in [4.69, 9.17) is 16.3 Å². The Morgan fingerprint density at radius 2 is 2.08 bits per heavy atom. The van der Waals surface area contributed by atoms with E-state index in [1.165, 1.54) is 10.8 Å². The monoisotopic (exact) mass is 374 g/mol. The first-order chi connectivity index (χ1) is 12.4. The number of benzene rings is 1. The van der Waals surface area contributed by atoms with Crippen LogP contribution in [-0.2, 0) is 11.8 Å². The van der Waals surface area contributed by atoms with Gasteiger partial charge in [-0.15, -0.1) is 0 Å². The molecule has 2 aromatic heterocycles. The van der Waals surface area contributed by atoms with E-state index in [2.05, 4.69) is 10.3 Å². The van der Waals surface area contributed by atoms with Gasteiger partial charge in [-0.05, 0) is 13.0 Å². The molecule has 0 aliphatic carbocycles. The fourth-order valence-corrected chi connectivity index (χ4v) is 2.98. The molecule has 3 rings (SSSR count). The van der Waals surface area contributed by atoms with Gasteiger partial charge in [-0.2, -0.15) is 0 Å². The Bertz CT molecular complexity index is 1020. The molecule has 0 fully saturated rings. The van der Waals surface area contributed by atoms with Crippen LogP contribution in [0.5, 0.6) is 0 Å². The van der Waals surface area contributed by atoms with Crippen LogP contribution >= 0.6 is 11.6 Å². The number of aromatic nitrogens is 3. The first kappa shape index (κ1) is 18.2.